The van der Waals surface area contributed by atoms with Gasteiger partial charge < -0.3 is 10.7 Å². The molecule has 5 nitrogen and oxygen atoms in total. The van der Waals surface area contributed by atoms with Crippen molar-refractivity contribution in [1.29, 1.82) is 0 Å². The average molecular weight is 215 g/mol. The topological polar surface area (TPSA) is 88.8 Å². The smallest absolute Gasteiger partial charge is 0.260 e. The molecule has 0 fully saturated rings. The fourth-order valence-corrected chi connectivity index (χ4v) is 1.37. The molecule has 0 radical (unpaired) electrons. The van der Waals surface area contributed by atoms with Gasteiger partial charge in [0.2, 0.25) is 0 Å². The number of nitrogens with zero attached hydrogens (tertiary/aromatic N) is 1. The van der Waals surface area contributed by atoms with Crippen molar-refractivity contribution in [2.24, 2.45) is 5.73 Å². The van der Waals surface area contributed by atoms with Gasteiger partial charge in [0.15, 0.2) is 0 Å². The Balaban J connectivity index is 2.57. The summed E-state index contributed by atoms with van der Waals surface area (Å²) in [5, 5.41) is 0. The number of aromatic amines is 1. The van der Waals surface area contributed by atoms with E-state index in [0.29, 0.717) is 5.56 Å². The summed E-state index contributed by atoms with van der Waals surface area (Å²) in [5.41, 5.74) is 6.05. The van der Waals surface area contributed by atoms with Crippen LogP contribution in [-0.2, 0) is 0 Å². The molecule has 0 aliphatic rings. The number of amides is 1. The predicted octanol–water partition coefficient (Wildman–Crippen LogP) is 0.536. The highest BCUT2D eigenvalue weighted by atomic mass is 16.2. The highest BCUT2D eigenvalue weighted by molar-refractivity contribution is 5.93. The van der Waals surface area contributed by atoms with E-state index in [1.54, 1.807) is 18.5 Å². The van der Waals surface area contributed by atoms with E-state index in [4.69, 9.17) is 5.73 Å². The van der Waals surface area contributed by atoms with Crippen molar-refractivity contribution in [3.8, 4) is 11.1 Å². The first-order valence-corrected chi connectivity index (χ1v) is 4.61. The number of hydrogen-bond donors (Lipinski definition) is 2. The van der Waals surface area contributed by atoms with Crippen LogP contribution in [0.1, 0.15) is 10.4 Å². The highest BCUT2D eigenvalue weighted by Gasteiger charge is 2.08. The maximum absolute atomic E-state index is 11.3. The van der Waals surface area contributed by atoms with Crippen LogP contribution in [0.3, 0.4) is 0 Å². The Hall–Kier alpha value is -2.43. The Morgan fingerprint density at radius 1 is 1.38 bits per heavy atom. The lowest BCUT2D eigenvalue weighted by atomic mass is 10.1. The molecule has 0 spiro atoms. The Bertz CT molecular complexity index is 575. The molecule has 0 aromatic carbocycles. The standard InChI is InChI=1S/C11H9N3O2/c12-10(15)9-4-8(6-14-11(9)16)7-2-1-3-13-5-7/h1-6H,(H2,12,15)(H,14,16). The van der Waals surface area contributed by atoms with Crippen LogP contribution in [0, 0.1) is 0 Å². The summed E-state index contributed by atoms with van der Waals surface area (Å²) < 4.78 is 0. The van der Waals surface area contributed by atoms with Crippen LogP contribution in [0.4, 0.5) is 0 Å². The minimum atomic E-state index is -0.744. The lowest BCUT2D eigenvalue weighted by Crippen LogP contribution is -2.23. The summed E-state index contributed by atoms with van der Waals surface area (Å²) >= 11 is 0. The largest absolute Gasteiger partial charge is 0.365 e. The van der Waals surface area contributed by atoms with Crippen molar-refractivity contribution in [3.63, 3.8) is 0 Å². The SMILES string of the molecule is NC(=O)c1cc(-c2cccnc2)c[nH]c1=O. The van der Waals surface area contributed by atoms with Gasteiger partial charge in [-0.15, -0.1) is 0 Å². The first kappa shape index (κ1) is 10.1. The number of rotatable bonds is 2. The molecule has 3 N–H and O–H groups in total. The summed E-state index contributed by atoms with van der Waals surface area (Å²) in [6.07, 6.45) is 4.80. The molecule has 2 aromatic heterocycles. The van der Waals surface area contributed by atoms with Crippen LogP contribution in [0.2, 0.25) is 0 Å². The van der Waals surface area contributed by atoms with E-state index in [0.717, 1.165) is 5.56 Å². The lowest BCUT2D eigenvalue weighted by molar-refractivity contribution is 0.0999. The van der Waals surface area contributed by atoms with Gasteiger partial charge in [0.1, 0.15) is 5.56 Å². The van der Waals surface area contributed by atoms with E-state index in [2.05, 4.69) is 9.97 Å². The number of nitrogens with two attached hydrogens (primary N) is 1. The van der Waals surface area contributed by atoms with Gasteiger partial charge in [0.25, 0.3) is 11.5 Å². The van der Waals surface area contributed by atoms with Crippen molar-refractivity contribution in [2.75, 3.05) is 0 Å². The van der Waals surface area contributed by atoms with Crippen LogP contribution in [0.15, 0.2) is 41.6 Å². The van der Waals surface area contributed by atoms with E-state index in [-0.39, 0.29) is 5.56 Å². The van der Waals surface area contributed by atoms with Gasteiger partial charge in [-0.05, 0) is 12.1 Å². The lowest BCUT2D eigenvalue weighted by Gasteiger charge is -2.01. The number of H-pyrrole nitrogens is 1. The van der Waals surface area contributed by atoms with Crippen LogP contribution in [-0.4, -0.2) is 15.9 Å². The number of hydrogen-bond acceptors (Lipinski definition) is 3. The zero-order valence-corrected chi connectivity index (χ0v) is 8.31. The normalized spacial score (nSPS) is 10.0. The summed E-state index contributed by atoms with van der Waals surface area (Å²) in [7, 11) is 0. The van der Waals surface area contributed by atoms with Gasteiger partial charge in [-0.25, -0.2) is 0 Å². The number of aromatic nitrogens is 2. The molecule has 80 valence electrons. The summed E-state index contributed by atoms with van der Waals surface area (Å²) in [4.78, 5) is 28.7. The van der Waals surface area contributed by atoms with Crippen LogP contribution >= 0.6 is 0 Å². The molecule has 1 amide bonds. The molecule has 2 aromatic rings. The minimum Gasteiger partial charge on any atom is -0.365 e. The van der Waals surface area contributed by atoms with Crippen molar-refractivity contribution >= 4 is 5.91 Å². The van der Waals surface area contributed by atoms with Gasteiger partial charge >= 0.3 is 0 Å². The molecule has 0 atom stereocenters. The Kier molecular flexibility index (Phi) is 2.51. The second-order valence-corrected chi connectivity index (χ2v) is 3.24. The summed E-state index contributed by atoms with van der Waals surface area (Å²) in [6, 6.07) is 5.05. The number of pyridine rings is 2. The Morgan fingerprint density at radius 2 is 2.19 bits per heavy atom. The zero-order valence-electron chi connectivity index (χ0n) is 8.31. The molecule has 5 heteroatoms. The van der Waals surface area contributed by atoms with Gasteiger partial charge in [0.05, 0.1) is 0 Å². The molecule has 0 aliphatic carbocycles. The third kappa shape index (κ3) is 1.83. The first-order chi connectivity index (χ1) is 7.68. The van der Waals surface area contributed by atoms with Gasteiger partial charge in [-0.1, -0.05) is 6.07 Å². The molecule has 0 saturated carbocycles. The molecular formula is C11H9N3O2. The van der Waals surface area contributed by atoms with Crippen LogP contribution < -0.4 is 11.3 Å². The van der Waals surface area contributed by atoms with Crippen molar-refractivity contribution in [3.05, 3.63) is 52.7 Å². The molecule has 0 saturated heterocycles. The maximum Gasteiger partial charge on any atom is 0.260 e. The van der Waals surface area contributed by atoms with Crippen LogP contribution in [0.5, 0.6) is 0 Å². The number of primary amides is 1. The zero-order chi connectivity index (χ0) is 11.5. The fraction of sp³-hybridized carbons (Fsp3) is 0. The number of carbonyl (C=O) groups is 1. The minimum absolute atomic E-state index is 0.0543. The van der Waals surface area contributed by atoms with E-state index < -0.39 is 11.5 Å². The van der Waals surface area contributed by atoms with E-state index in [1.807, 2.05) is 6.07 Å². The first-order valence-electron chi connectivity index (χ1n) is 4.61. The molecule has 0 aliphatic heterocycles. The molecule has 0 unspecified atom stereocenters. The van der Waals surface area contributed by atoms with Crippen molar-refractivity contribution in [1.82, 2.24) is 9.97 Å². The second kappa shape index (κ2) is 3.98. The van der Waals surface area contributed by atoms with Gasteiger partial charge in [-0.2, -0.15) is 0 Å². The predicted molar refractivity (Wildman–Crippen MR) is 58.8 cm³/mol. The van der Waals surface area contributed by atoms with E-state index in [1.165, 1.54) is 12.3 Å². The molecule has 2 heterocycles. The Morgan fingerprint density at radius 3 is 2.81 bits per heavy atom. The Labute approximate surface area is 91.0 Å². The van der Waals surface area contributed by atoms with Crippen molar-refractivity contribution < 1.29 is 4.79 Å². The number of carbonyl (C=O) groups excluding carboxylic acids is 1. The average Bonchev–Trinajstić information content (AvgIpc) is 2.30. The monoisotopic (exact) mass is 215 g/mol. The van der Waals surface area contributed by atoms with E-state index >= 15 is 0 Å². The maximum atomic E-state index is 11.3. The van der Waals surface area contributed by atoms with E-state index in [9.17, 15) is 9.59 Å². The third-order valence-corrected chi connectivity index (χ3v) is 2.16. The van der Waals surface area contributed by atoms with Gasteiger partial charge in [-0.3, -0.25) is 14.6 Å². The number of nitrogens with one attached hydrogen (secondary N) is 1. The second-order valence-electron chi connectivity index (χ2n) is 3.24. The third-order valence-electron chi connectivity index (χ3n) is 2.16. The molecular weight excluding hydrogens is 206 g/mol. The molecule has 16 heavy (non-hydrogen) atoms. The van der Waals surface area contributed by atoms with Crippen LogP contribution in [0.25, 0.3) is 11.1 Å². The quantitative estimate of drug-likeness (QED) is 0.766. The molecule has 2 rings (SSSR count). The van der Waals surface area contributed by atoms with Gasteiger partial charge in [0, 0.05) is 29.7 Å². The fourth-order valence-electron chi connectivity index (χ4n) is 1.37. The summed E-state index contributed by atoms with van der Waals surface area (Å²) in [6.45, 7) is 0. The molecule has 0 bridgehead atoms. The highest BCUT2D eigenvalue weighted by Crippen LogP contribution is 2.16. The summed E-state index contributed by atoms with van der Waals surface area (Å²) in [5.74, 6) is -0.744. The van der Waals surface area contributed by atoms with Crippen molar-refractivity contribution in [2.45, 2.75) is 0 Å².